The molecule has 3 aromatic rings. The van der Waals surface area contributed by atoms with E-state index in [2.05, 4.69) is 9.38 Å². The van der Waals surface area contributed by atoms with Gasteiger partial charge in [0.15, 0.2) is 10.1 Å². The highest BCUT2D eigenvalue weighted by molar-refractivity contribution is 8.05. The number of allylic oxidation sites excluding steroid dienone is 4. The van der Waals surface area contributed by atoms with Crippen LogP contribution in [-0.4, -0.2) is 24.9 Å². The lowest BCUT2D eigenvalue weighted by atomic mass is 10.2. The van der Waals surface area contributed by atoms with E-state index in [1.807, 2.05) is 24.3 Å². The van der Waals surface area contributed by atoms with Crippen molar-refractivity contribution in [2.24, 2.45) is 4.40 Å². The number of thioether (sulfide) groups is 1. The van der Waals surface area contributed by atoms with Gasteiger partial charge in [-0.3, -0.25) is 4.79 Å². The van der Waals surface area contributed by atoms with Gasteiger partial charge in [-0.25, -0.2) is 4.98 Å². The summed E-state index contributed by atoms with van der Waals surface area (Å²) in [5, 5.41) is 0. The number of thiazole rings is 1. The number of hydrogen-bond donors (Lipinski definition) is 0. The van der Waals surface area contributed by atoms with Gasteiger partial charge in [0.2, 0.25) is 0 Å². The lowest BCUT2D eigenvalue weighted by molar-refractivity contribution is -0.110. The van der Waals surface area contributed by atoms with Gasteiger partial charge in [0, 0.05) is 0 Å². The predicted molar refractivity (Wildman–Crippen MR) is 109 cm³/mol. The maximum absolute atomic E-state index is 12.4. The molecule has 1 heterocycles. The normalized spacial score (nSPS) is 16.1. The van der Waals surface area contributed by atoms with Crippen molar-refractivity contribution in [3.63, 3.8) is 0 Å². The smallest absolute Gasteiger partial charge is 0.282 e. The van der Waals surface area contributed by atoms with E-state index in [4.69, 9.17) is 0 Å². The third-order valence-corrected chi connectivity index (χ3v) is 7.12. The maximum Gasteiger partial charge on any atom is 0.282 e. The number of nitrogens with zero attached hydrogens (tertiary/aromatic N) is 2. The van der Waals surface area contributed by atoms with Crippen molar-refractivity contribution < 1.29 is 13.2 Å². The highest BCUT2D eigenvalue weighted by atomic mass is 32.2. The number of carbonyl (C=O) groups excluding carboxylic acids is 1. The second-order valence-corrected chi connectivity index (χ2v) is 9.48. The van der Waals surface area contributed by atoms with Crippen molar-refractivity contribution in [2.45, 2.75) is 9.24 Å². The van der Waals surface area contributed by atoms with Gasteiger partial charge in [0.25, 0.3) is 10.0 Å². The Morgan fingerprint density at radius 1 is 0.963 bits per heavy atom. The summed E-state index contributed by atoms with van der Waals surface area (Å²) in [5.41, 5.74) is 1.08. The Balaban J connectivity index is 1.65. The molecule has 5 nitrogen and oxygen atoms in total. The van der Waals surface area contributed by atoms with Gasteiger partial charge in [-0.2, -0.15) is 12.8 Å². The first kappa shape index (κ1) is 17.8. The molecule has 0 atom stereocenters. The summed E-state index contributed by atoms with van der Waals surface area (Å²) in [6, 6.07) is 15.7. The lowest BCUT2D eigenvalue weighted by Gasteiger charge is -2.07. The van der Waals surface area contributed by atoms with E-state index in [1.165, 1.54) is 53.5 Å². The van der Waals surface area contributed by atoms with E-state index in [9.17, 15) is 13.2 Å². The number of sulfonamides is 1. The number of para-hydroxylation sites is 1. The molecule has 0 aliphatic heterocycles. The molecule has 0 spiro atoms. The molecule has 1 aromatic heterocycles. The molecule has 0 unspecified atom stereocenters. The van der Waals surface area contributed by atoms with E-state index in [-0.39, 0.29) is 16.4 Å². The second kappa shape index (κ2) is 7.22. The molecule has 0 N–H and O–H groups in total. The average Bonchev–Trinajstić information content (AvgIpc) is 3.07. The highest BCUT2D eigenvalue weighted by Gasteiger charge is 2.19. The fraction of sp³-hybridized carbons (Fsp3) is 0. The van der Waals surface area contributed by atoms with Crippen LogP contribution < -0.4 is 0 Å². The molecule has 0 bridgehead atoms. The third-order valence-electron chi connectivity index (χ3n) is 3.67. The molecule has 2 aromatic carbocycles. The Labute approximate surface area is 164 Å². The molecule has 0 amide bonds. The first-order valence-corrected chi connectivity index (χ1v) is 11.0. The van der Waals surface area contributed by atoms with Gasteiger partial charge >= 0.3 is 0 Å². The molecule has 134 valence electrons. The summed E-state index contributed by atoms with van der Waals surface area (Å²) in [6.45, 7) is 0. The number of carbonyl (C=O) groups is 1. The summed E-state index contributed by atoms with van der Waals surface area (Å²) in [6.07, 6.45) is 4.22. The molecular formula is C19H12N2O3S3. The zero-order valence-electron chi connectivity index (χ0n) is 13.8. The summed E-state index contributed by atoms with van der Waals surface area (Å²) in [5.74, 6) is -0.199. The minimum Gasteiger partial charge on any atom is -0.289 e. The predicted octanol–water partition coefficient (Wildman–Crippen LogP) is 4.24. The van der Waals surface area contributed by atoms with Crippen LogP contribution in [-0.2, 0) is 14.8 Å². The third kappa shape index (κ3) is 3.92. The number of ketones is 1. The molecule has 0 saturated carbocycles. The molecule has 27 heavy (non-hydrogen) atoms. The Kier molecular flexibility index (Phi) is 4.77. The number of hydrogen-bond acceptors (Lipinski definition) is 6. The first-order chi connectivity index (χ1) is 13.0. The van der Waals surface area contributed by atoms with Gasteiger partial charge in [0.05, 0.1) is 25.7 Å². The van der Waals surface area contributed by atoms with Crippen LogP contribution in [0.4, 0.5) is 0 Å². The molecular weight excluding hydrogens is 400 g/mol. The van der Waals surface area contributed by atoms with Crippen LogP contribution in [0.2, 0.25) is 0 Å². The van der Waals surface area contributed by atoms with E-state index in [0.717, 1.165) is 14.6 Å². The van der Waals surface area contributed by atoms with Crippen molar-refractivity contribution in [1.82, 2.24) is 4.98 Å². The SMILES string of the molecule is O=C1C=CC(=NS(=O)(=O)c2ccccc2)C=C1Sc1nc2ccccc2s1. The Bertz CT molecular complexity index is 1190. The van der Waals surface area contributed by atoms with Gasteiger partial charge in [-0.15, -0.1) is 11.3 Å². The first-order valence-electron chi connectivity index (χ1n) is 7.89. The minimum atomic E-state index is -3.84. The van der Waals surface area contributed by atoms with Crippen molar-refractivity contribution in [3.8, 4) is 0 Å². The van der Waals surface area contributed by atoms with E-state index in [1.54, 1.807) is 18.2 Å². The molecule has 1 aliphatic carbocycles. The van der Waals surface area contributed by atoms with Gasteiger partial charge < -0.3 is 0 Å². The maximum atomic E-state index is 12.4. The van der Waals surface area contributed by atoms with Crippen LogP contribution in [0.25, 0.3) is 10.2 Å². The highest BCUT2D eigenvalue weighted by Crippen LogP contribution is 2.35. The Morgan fingerprint density at radius 3 is 2.48 bits per heavy atom. The molecule has 8 heteroatoms. The zero-order chi connectivity index (χ0) is 18.9. The van der Waals surface area contributed by atoms with Gasteiger partial charge in [0.1, 0.15) is 0 Å². The fourth-order valence-corrected chi connectivity index (χ4v) is 5.49. The minimum absolute atomic E-state index is 0.108. The number of fused-ring (bicyclic) bond motifs is 1. The van der Waals surface area contributed by atoms with Gasteiger partial charge in [-0.05, 0) is 42.5 Å². The summed E-state index contributed by atoms with van der Waals surface area (Å²) in [4.78, 5) is 17.2. The summed E-state index contributed by atoms with van der Waals surface area (Å²) in [7, 11) is -3.84. The standard InChI is InChI=1S/C19H12N2O3S3/c22-16-11-10-13(21-27(23,24)14-6-2-1-3-7-14)12-18(16)26-19-20-15-8-4-5-9-17(15)25-19/h1-12H. The van der Waals surface area contributed by atoms with Crippen LogP contribution in [0.1, 0.15) is 0 Å². The largest absolute Gasteiger partial charge is 0.289 e. The topological polar surface area (TPSA) is 76.5 Å². The van der Waals surface area contributed by atoms with Crippen molar-refractivity contribution in [3.05, 3.63) is 77.7 Å². The fourth-order valence-electron chi connectivity index (χ4n) is 2.41. The molecule has 4 rings (SSSR count). The summed E-state index contributed by atoms with van der Waals surface area (Å²) >= 11 is 2.70. The van der Waals surface area contributed by atoms with Crippen molar-refractivity contribution >= 4 is 54.8 Å². The van der Waals surface area contributed by atoms with E-state index >= 15 is 0 Å². The molecule has 0 saturated heterocycles. The Hall–Kier alpha value is -2.55. The van der Waals surface area contributed by atoms with Crippen LogP contribution in [0.5, 0.6) is 0 Å². The van der Waals surface area contributed by atoms with Crippen LogP contribution in [0.3, 0.4) is 0 Å². The van der Waals surface area contributed by atoms with E-state index in [0.29, 0.717) is 4.91 Å². The van der Waals surface area contributed by atoms with Crippen LogP contribution in [0.15, 0.2) is 91.4 Å². The van der Waals surface area contributed by atoms with E-state index < -0.39 is 10.0 Å². The summed E-state index contributed by atoms with van der Waals surface area (Å²) < 4.78 is 30.4. The number of aromatic nitrogens is 1. The number of benzene rings is 2. The number of rotatable bonds is 4. The van der Waals surface area contributed by atoms with Crippen molar-refractivity contribution in [1.29, 1.82) is 0 Å². The average molecular weight is 413 g/mol. The zero-order valence-corrected chi connectivity index (χ0v) is 16.2. The second-order valence-electron chi connectivity index (χ2n) is 5.56. The van der Waals surface area contributed by atoms with Crippen molar-refractivity contribution in [2.75, 3.05) is 0 Å². The quantitative estimate of drug-likeness (QED) is 0.599. The van der Waals surface area contributed by atoms with Crippen LogP contribution in [0, 0.1) is 0 Å². The molecule has 0 fully saturated rings. The molecule has 0 radical (unpaired) electrons. The van der Waals surface area contributed by atoms with Crippen LogP contribution >= 0.6 is 23.1 Å². The molecule has 1 aliphatic rings. The monoisotopic (exact) mass is 412 g/mol. The lowest BCUT2D eigenvalue weighted by Crippen LogP contribution is -2.08. The Morgan fingerprint density at radius 2 is 1.70 bits per heavy atom. The van der Waals surface area contributed by atoms with Gasteiger partial charge in [-0.1, -0.05) is 42.1 Å².